The standard InChI is InChI=1S/C36H61N7O9/c1-8-13-27(41-35(50)30(21(5)9-2)43-32(47)26(37)16-17-28(44)45)33(48)40-25(18-24-14-11-10-12-15-24)19-38-22(6)31(46)42-29(20(3)4)34(49)39-23(7)36(51)52/h13,20,22-26,29-30,38H,5,8-12,14-19,37H2,1-4,6-7H3,(H,39,49)(H,40,48)(H,41,50)(H,42,46)(H,43,47)(H,44,45)(H,51,52)/p+1/b27-13+/t22-,23-,25-,26-,29-,30-/m0/s1. The first-order valence-electron chi connectivity index (χ1n) is 18.3. The molecule has 5 amide bonds. The van der Waals surface area contributed by atoms with Crippen LogP contribution in [0, 0.1) is 11.8 Å². The van der Waals surface area contributed by atoms with E-state index in [0.29, 0.717) is 30.8 Å². The largest absolute Gasteiger partial charge is 0.565 e. The number of hydrogen-bond donors (Lipinski definition) is 8. The summed E-state index contributed by atoms with van der Waals surface area (Å²) in [5.41, 5.74) is 6.22. The van der Waals surface area contributed by atoms with E-state index < -0.39 is 77.7 Å². The maximum Gasteiger partial charge on any atom is 0.516 e. The number of hydrogen-bond acceptors (Lipinski definition) is 9. The van der Waals surface area contributed by atoms with Gasteiger partial charge in [0.15, 0.2) is 0 Å². The number of rotatable bonds is 23. The Labute approximate surface area is 306 Å². The predicted molar refractivity (Wildman–Crippen MR) is 196 cm³/mol. The van der Waals surface area contributed by atoms with Crippen molar-refractivity contribution in [3.63, 3.8) is 0 Å². The molecule has 0 spiro atoms. The SMILES string of the molecule is C=C(CC)[C@H](NC(=O)[C@@H](N)CCC(=O)[OH2+])C(=O)N/C(=C/CC)C(=O)N[C@H](CN[C@@H](C)C(=O)N[C@H](C(=O)N[C@@H](C)C(=O)O)C(C)C)CC1CCCCC1. The Morgan fingerprint density at radius 1 is 0.865 bits per heavy atom. The van der Waals surface area contributed by atoms with Crippen molar-refractivity contribution >= 4 is 41.5 Å². The molecule has 16 nitrogen and oxygen atoms in total. The minimum Gasteiger partial charge on any atom is -0.565 e. The highest BCUT2D eigenvalue weighted by Gasteiger charge is 2.31. The average molecular weight is 737 g/mol. The molecule has 0 heterocycles. The molecule has 16 heteroatoms. The van der Waals surface area contributed by atoms with Crippen LogP contribution in [0.2, 0.25) is 0 Å². The molecule has 0 unspecified atom stereocenters. The lowest BCUT2D eigenvalue weighted by atomic mass is 9.84. The summed E-state index contributed by atoms with van der Waals surface area (Å²) in [6, 6.07) is -5.67. The van der Waals surface area contributed by atoms with Crippen LogP contribution in [0.5, 0.6) is 0 Å². The van der Waals surface area contributed by atoms with Crippen LogP contribution >= 0.6 is 0 Å². The zero-order chi connectivity index (χ0) is 39.5. The third kappa shape index (κ3) is 16.4. The number of carbonyl (C=O) groups excluding carboxylic acids is 6. The summed E-state index contributed by atoms with van der Waals surface area (Å²) in [6.45, 7) is 14.1. The molecule has 1 rings (SSSR count). The second-order valence-electron chi connectivity index (χ2n) is 13.9. The van der Waals surface area contributed by atoms with Gasteiger partial charge in [-0.05, 0) is 56.9 Å². The van der Waals surface area contributed by atoms with E-state index >= 15 is 0 Å². The molecule has 0 radical (unpaired) electrons. The molecule has 0 bridgehead atoms. The Morgan fingerprint density at radius 2 is 1.50 bits per heavy atom. The first-order chi connectivity index (χ1) is 24.4. The predicted octanol–water partition coefficient (Wildman–Crippen LogP) is 0.370. The van der Waals surface area contributed by atoms with Gasteiger partial charge in [0, 0.05) is 17.4 Å². The molecule has 0 aromatic heterocycles. The molecular formula is C36H62N7O9+. The third-order valence-electron chi connectivity index (χ3n) is 9.06. The molecule has 1 aliphatic carbocycles. The van der Waals surface area contributed by atoms with Crippen LogP contribution in [0.25, 0.3) is 0 Å². The van der Waals surface area contributed by atoms with Crippen LogP contribution < -0.4 is 37.6 Å². The molecule has 1 aliphatic rings. The zero-order valence-electron chi connectivity index (χ0n) is 31.6. The van der Waals surface area contributed by atoms with Crippen molar-refractivity contribution in [3.05, 3.63) is 23.9 Å². The lowest BCUT2D eigenvalue weighted by molar-refractivity contribution is -0.142. The Balaban J connectivity index is 3.10. The minimum absolute atomic E-state index is 0.0273. The molecule has 0 aromatic rings. The van der Waals surface area contributed by atoms with Crippen LogP contribution in [-0.2, 0) is 33.6 Å². The van der Waals surface area contributed by atoms with Gasteiger partial charge in [-0.3, -0.25) is 28.8 Å². The summed E-state index contributed by atoms with van der Waals surface area (Å²) < 4.78 is 0. The number of carboxylic acids is 1. The van der Waals surface area contributed by atoms with Crippen LogP contribution in [0.15, 0.2) is 23.9 Å². The van der Waals surface area contributed by atoms with Gasteiger partial charge in [0.1, 0.15) is 30.2 Å². The average Bonchev–Trinajstić information content (AvgIpc) is 3.09. The second-order valence-corrected chi connectivity index (χ2v) is 13.9. The molecule has 1 saturated carbocycles. The Bertz CT molecular complexity index is 1300. The topological polar surface area (TPSA) is 261 Å². The number of carboxylic acid groups (broad SMARTS) is 1. The van der Waals surface area contributed by atoms with Gasteiger partial charge in [0.2, 0.25) is 17.7 Å². The normalized spacial score (nSPS) is 17.0. The summed E-state index contributed by atoms with van der Waals surface area (Å²) in [5.74, 6) is -5.10. The minimum atomic E-state index is -1.22. The Kier molecular flexibility index (Phi) is 20.5. The summed E-state index contributed by atoms with van der Waals surface area (Å²) in [5, 5.41) is 32.7. The van der Waals surface area contributed by atoms with E-state index in [9.17, 15) is 33.6 Å². The van der Waals surface area contributed by atoms with Crippen molar-refractivity contribution in [2.24, 2.45) is 17.6 Å². The maximum absolute atomic E-state index is 13.7. The van der Waals surface area contributed by atoms with E-state index in [1.54, 1.807) is 40.7 Å². The van der Waals surface area contributed by atoms with Crippen molar-refractivity contribution in [3.8, 4) is 0 Å². The van der Waals surface area contributed by atoms with Crippen LogP contribution in [0.4, 0.5) is 0 Å². The summed E-state index contributed by atoms with van der Waals surface area (Å²) in [6.07, 6.45) is 7.91. The zero-order valence-corrected chi connectivity index (χ0v) is 31.6. The van der Waals surface area contributed by atoms with Gasteiger partial charge in [0.05, 0.1) is 12.1 Å². The van der Waals surface area contributed by atoms with Crippen LogP contribution in [0.3, 0.4) is 0 Å². The first-order valence-corrected chi connectivity index (χ1v) is 18.3. The monoisotopic (exact) mass is 736 g/mol. The van der Waals surface area contributed by atoms with Crippen molar-refractivity contribution < 1.29 is 43.8 Å². The second kappa shape index (κ2) is 23.3. The van der Waals surface area contributed by atoms with E-state index in [0.717, 1.165) is 32.1 Å². The quantitative estimate of drug-likeness (QED) is 0.0406. The van der Waals surface area contributed by atoms with Gasteiger partial charge in [-0.15, -0.1) is 0 Å². The summed E-state index contributed by atoms with van der Waals surface area (Å²) in [7, 11) is 0. The smallest absolute Gasteiger partial charge is 0.516 e. The molecule has 0 aromatic carbocycles. The molecule has 6 atom stereocenters. The first kappa shape index (κ1) is 45.7. The van der Waals surface area contributed by atoms with Gasteiger partial charge < -0.3 is 47.8 Å². The van der Waals surface area contributed by atoms with Crippen molar-refractivity contribution in [1.82, 2.24) is 31.9 Å². The van der Waals surface area contributed by atoms with Gasteiger partial charge in [-0.1, -0.05) is 72.5 Å². The van der Waals surface area contributed by atoms with Crippen molar-refractivity contribution in [2.75, 3.05) is 6.54 Å². The van der Waals surface area contributed by atoms with Gasteiger partial charge in [-0.25, -0.2) is 0 Å². The fraction of sp³-hybridized carbons (Fsp3) is 0.694. The molecule has 52 heavy (non-hydrogen) atoms. The van der Waals surface area contributed by atoms with E-state index in [1.165, 1.54) is 6.92 Å². The number of allylic oxidation sites excluding steroid dienone is 1. The van der Waals surface area contributed by atoms with Gasteiger partial charge in [-0.2, -0.15) is 0 Å². The van der Waals surface area contributed by atoms with Crippen molar-refractivity contribution in [1.29, 1.82) is 0 Å². The lowest BCUT2D eigenvalue weighted by Gasteiger charge is -2.29. The number of carbonyl (C=O) groups is 7. The maximum atomic E-state index is 13.7. The van der Waals surface area contributed by atoms with Crippen LogP contribution in [0.1, 0.15) is 106 Å². The fourth-order valence-electron chi connectivity index (χ4n) is 5.71. The number of nitrogens with one attached hydrogen (secondary N) is 6. The molecular weight excluding hydrogens is 674 g/mol. The van der Waals surface area contributed by atoms with E-state index in [4.69, 9.17) is 15.9 Å². The molecule has 1 fully saturated rings. The van der Waals surface area contributed by atoms with E-state index in [1.807, 2.05) is 0 Å². The van der Waals surface area contributed by atoms with Gasteiger partial charge >= 0.3 is 11.9 Å². The van der Waals surface area contributed by atoms with Crippen LogP contribution in [-0.4, -0.2) is 94.5 Å². The Morgan fingerprint density at radius 3 is 2.04 bits per heavy atom. The lowest BCUT2D eigenvalue weighted by Crippen LogP contribution is -2.57. The highest BCUT2D eigenvalue weighted by Crippen LogP contribution is 2.27. The van der Waals surface area contributed by atoms with Crippen molar-refractivity contribution in [2.45, 2.75) is 142 Å². The molecule has 0 aliphatic heterocycles. The molecule has 0 saturated heterocycles. The third-order valence-corrected chi connectivity index (χ3v) is 9.06. The molecule has 11 N–H and O–H groups in total. The number of amides is 5. The highest BCUT2D eigenvalue weighted by atomic mass is 16.4. The Hall–Kier alpha value is -4.31. The summed E-state index contributed by atoms with van der Waals surface area (Å²) >= 11 is 0. The summed E-state index contributed by atoms with van der Waals surface area (Å²) in [4.78, 5) is 88.1. The molecule has 294 valence electrons. The van der Waals surface area contributed by atoms with E-state index in [2.05, 4.69) is 38.5 Å². The van der Waals surface area contributed by atoms with Gasteiger partial charge in [0.25, 0.3) is 11.8 Å². The number of aliphatic carboxylic acids is 1. The highest BCUT2D eigenvalue weighted by molar-refractivity contribution is 6.00. The number of nitrogens with two attached hydrogens (primary N) is 1. The fourth-order valence-corrected chi connectivity index (χ4v) is 5.71. The van der Waals surface area contributed by atoms with E-state index in [-0.39, 0.29) is 31.0 Å².